The van der Waals surface area contributed by atoms with Gasteiger partial charge in [0.05, 0.1) is 0 Å². The zero-order valence-corrected chi connectivity index (χ0v) is 9.82. The van der Waals surface area contributed by atoms with E-state index in [0.29, 0.717) is 5.92 Å². The SMILES string of the molecule is C=CC(C)N1CC(=O)NC(C)(C2CC2)C1=O. The van der Waals surface area contributed by atoms with Gasteiger partial charge in [0.15, 0.2) is 0 Å². The minimum atomic E-state index is -0.688. The summed E-state index contributed by atoms with van der Waals surface area (Å²) in [4.78, 5) is 25.6. The predicted octanol–water partition coefficient (Wildman–Crippen LogP) is 0.688. The molecule has 0 aromatic heterocycles. The minimum Gasteiger partial charge on any atom is -0.340 e. The number of rotatable bonds is 3. The van der Waals surface area contributed by atoms with Gasteiger partial charge in [-0.1, -0.05) is 6.08 Å². The quantitative estimate of drug-likeness (QED) is 0.714. The van der Waals surface area contributed by atoms with Crippen LogP contribution in [0.5, 0.6) is 0 Å². The Kier molecular flexibility index (Phi) is 2.52. The van der Waals surface area contributed by atoms with Gasteiger partial charge in [-0.3, -0.25) is 9.59 Å². The molecule has 0 aromatic carbocycles. The molecular formula is C12H18N2O2. The van der Waals surface area contributed by atoms with Crippen LogP contribution in [0.15, 0.2) is 12.7 Å². The molecule has 2 amide bonds. The molecule has 1 heterocycles. The van der Waals surface area contributed by atoms with Gasteiger partial charge in [0.25, 0.3) is 0 Å². The van der Waals surface area contributed by atoms with E-state index < -0.39 is 5.54 Å². The van der Waals surface area contributed by atoms with E-state index in [2.05, 4.69) is 11.9 Å². The van der Waals surface area contributed by atoms with Gasteiger partial charge in [-0.25, -0.2) is 0 Å². The number of nitrogens with one attached hydrogen (secondary N) is 1. The van der Waals surface area contributed by atoms with Crippen molar-refractivity contribution in [3.8, 4) is 0 Å². The summed E-state index contributed by atoms with van der Waals surface area (Å²) in [6.45, 7) is 7.55. The first-order valence-corrected chi connectivity index (χ1v) is 5.73. The van der Waals surface area contributed by atoms with Gasteiger partial charge < -0.3 is 10.2 Å². The highest BCUT2D eigenvalue weighted by molar-refractivity contribution is 5.98. The van der Waals surface area contributed by atoms with E-state index in [9.17, 15) is 9.59 Å². The maximum absolute atomic E-state index is 12.3. The third-order valence-electron chi connectivity index (χ3n) is 3.64. The van der Waals surface area contributed by atoms with Crippen molar-refractivity contribution in [2.45, 2.75) is 38.3 Å². The minimum absolute atomic E-state index is 0.0296. The third-order valence-corrected chi connectivity index (χ3v) is 3.64. The molecule has 4 nitrogen and oxygen atoms in total. The summed E-state index contributed by atoms with van der Waals surface area (Å²) < 4.78 is 0. The standard InChI is InChI=1S/C12H18N2O2/c1-4-8(2)14-7-10(15)13-12(3,11(14)16)9-5-6-9/h4,8-9H,1,5-7H2,2-3H3,(H,13,15). The van der Waals surface area contributed by atoms with Crippen LogP contribution in [0.25, 0.3) is 0 Å². The van der Waals surface area contributed by atoms with Crippen molar-refractivity contribution < 1.29 is 9.59 Å². The van der Waals surface area contributed by atoms with E-state index in [1.165, 1.54) is 0 Å². The Balaban J connectivity index is 2.25. The molecule has 4 heteroatoms. The van der Waals surface area contributed by atoms with Crippen LogP contribution in [-0.4, -0.2) is 34.8 Å². The van der Waals surface area contributed by atoms with Crippen LogP contribution < -0.4 is 5.32 Å². The maximum atomic E-state index is 12.3. The van der Waals surface area contributed by atoms with Gasteiger partial charge >= 0.3 is 0 Å². The summed E-state index contributed by atoms with van der Waals surface area (Å²) >= 11 is 0. The number of carbonyl (C=O) groups is 2. The Morgan fingerprint density at radius 3 is 2.69 bits per heavy atom. The normalized spacial score (nSPS) is 32.2. The number of amides is 2. The van der Waals surface area contributed by atoms with Crippen LogP contribution in [0.2, 0.25) is 0 Å². The zero-order chi connectivity index (χ0) is 11.9. The molecule has 16 heavy (non-hydrogen) atoms. The maximum Gasteiger partial charge on any atom is 0.249 e. The fourth-order valence-electron chi connectivity index (χ4n) is 2.30. The lowest BCUT2D eigenvalue weighted by Gasteiger charge is -2.42. The van der Waals surface area contributed by atoms with Crippen molar-refractivity contribution in [1.29, 1.82) is 0 Å². The smallest absolute Gasteiger partial charge is 0.249 e. The van der Waals surface area contributed by atoms with Gasteiger partial charge in [-0.15, -0.1) is 6.58 Å². The monoisotopic (exact) mass is 222 g/mol. The van der Waals surface area contributed by atoms with Gasteiger partial charge in [-0.2, -0.15) is 0 Å². The molecule has 0 spiro atoms. The summed E-state index contributed by atoms with van der Waals surface area (Å²) in [5.41, 5.74) is -0.688. The second-order valence-corrected chi connectivity index (χ2v) is 4.93. The molecule has 1 N–H and O–H groups in total. The lowest BCUT2D eigenvalue weighted by Crippen LogP contribution is -2.67. The topological polar surface area (TPSA) is 49.4 Å². The molecule has 2 fully saturated rings. The lowest BCUT2D eigenvalue weighted by atomic mass is 9.91. The number of piperazine rings is 1. The number of carbonyl (C=O) groups excluding carboxylic acids is 2. The molecule has 88 valence electrons. The van der Waals surface area contributed by atoms with Crippen molar-refractivity contribution in [2.75, 3.05) is 6.54 Å². The second-order valence-electron chi connectivity index (χ2n) is 4.93. The van der Waals surface area contributed by atoms with E-state index in [1.807, 2.05) is 13.8 Å². The van der Waals surface area contributed by atoms with E-state index in [0.717, 1.165) is 12.8 Å². The number of hydrogen-bond donors (Lipinski definition) is 1. The Bertz CT molecular complexity index is 349. The molecule has 2 unspecified atom stereocenters. The summed E-state index contributed by atoms with van der Waals surface area (Å²) in [5.74, 6) is 0.272. The van der Waals surface area contributed by atoms with Crippen LogP contribution in [-0.2, 0) is 9.59 Å². The van der Waals surface area contributed by atoms with E-state index >= 15 is 0 Å². The number of nitrogens with zero attached hydrogens (tertiary/aromatic N) is 1. The molecule has 2 aliphatic rings. The third kappa shape index (κ3) is 1.62. The average molecular weight is 222 g/mol. The molecule has 2 rings (SSSR count). The van der Waals surface area contributed by atoms with Crippen LogP contribution >= 0.6 is 0 Å². The Morgan fingerprint density at radius 1 is 1.56 bits per heavy atom. The summed E-state index contributed by atoms with van der Waals surface area (Å²) in [7, 11) is 0. The fraction of sp³-hybridized carbons (Fsp3) is 0.667. The fourth-order valence-corrected chi connectivity index (χ4v) is 2.30. The largest absolute Gasteiger partial charge is 0.340 e. The first kappa shape index (κ1) is 11.2. The summed E-state index contributed by atoms with van der Waals surface area (Å²) in [5, 5.41) is 2.85. The van der Waals surface area contributed by atoms with Crippen molar-refractivity contribution >= 4 is 11.8 Å². The van der Waals surface area contributed by atoms with Crippen LogP contribution in [0.3, 0.4) is 0 Å². The highest BCUT2D eigenvalue weighted by Gasteiger charge is 2.52. The van der Waals surface area contributed by atoms with Crippen molar-refractivity contribution in [3.63, 3.8) is 0 Å². The summed E-state index contributed by atoms with van der Waals surface area (Å²) in [6.07, 6.45) is 3.75. The van der Waals surface area contributed by atoms with Crippen LogP contribution in [0, 0.1) is 5.92 Å². The highest BCUT2D eigenvalue weighted by Crippen LogP contribution is 2.41. The Hall–Kier alpha value is -1.32. The summed E-state index contributed by atoms with van der Waals surface area (Å²) in [6, 6.07) is -0.0865. The van der Waals surface area contributed by atoms with Gasteiger partial charge in [-0.05, 0) is 32.6 Å². The number of hydrogen-bond acceptors (Lipinski definition) is 2. The van der Waals surface area contributed by atoms with E-state index in [-0.39, 0.29) is 24.4 Å². The van der Waals surface area contributed by atoms with E-state index in [4.69, 9.17) is 0 Å². The average Bonchev–Trinajstić information content (AvgIpc) is 3.06. The first-order chi connectivity index (χ1) is 7.49. The molecule has 0 aromatic rings. The molecule has 1 aliphatic carbocycles. The molecule has 0 radical (unpaired) electrons. The van der Waals surface area contributed by atoms with Crippen molar-refractivity contribution in [1.82, 2.24) is 10.2 Å². The Morgan fingerprint density at radius 2 is 2.19 bits per heavy atom. The van der Waals surface area contributed by atoms with Crippen molar-refractivity contribution in [2.24, 2.45) is 5.92 Å². The lowest BCUT2D eigenvalue weighted by molar-refractivity contribution is -0.151. The van der Waals surface area contributed by atoms with Crippen LogP contribution in [0.4, 0.5) is 0 Å². The molecule has 2 atom stereocenters. The van der Waals surface area contributed by atoms with Gasteiger partial charge in [0.2, 0.25) is 11.8 Å². The van der Waals surface area contributed by atoms with Gasteiger partial charge in [0, 0.05) is 6.04 Å². The van der Waals surface area contributed by atoms with Gasteiger partial charge in [0.1, 0.15) is 12.1 Å². The molecular weight excluding hydrogens is 204 g/mol. The molecule has 0 bridgehead atoms. The highest BCUT2D eigenvalue weighted by atomic mass is 16.2. The molecule has 1 aliphatic heterocycles. The van der Waals surface area contributed by atoms with Crippen LogP contribution in [0.1, 0.15) is 26.7 Å². The van der Waals surface area contributed by atoms with E-state index in [1.54, 1.807) is 11.0 Å². The zero-order valence-electron chi connectivity index (χ0n) is 9.82. The molecule has 1 saturated heterocycles. The second kappa shape index (κ2) is 3.61. The molecule has 1 saturated carbocycles. The predicted molar refractivity (Wildman–Crippen MR) is 60.6 cm³/mol. The Labute approximate surface area is 95.7 Å². The van der Waals surface area contributed by atoms with Crippen molar-refractivity contribution in [3.05, 3.63) is 12.7 Å². The first-order valence-electron chi connectivity index (χ1n) is 5.73.